The molecule has 0 atom stereocenters. The summed E-state index contributed by atoms with van der Waals surface area (Å²) in [4.78, 5) is 24.2. The number of amides is 3. The average molecular weight is 184 g/mol. The third-order valence-electron chi connectivity index (χ3n) is 2.24. The van der Waals surface area contributed by atoms with Gasteiger partial charge in [-0.3, -0.25) is 10.1 Å². The summed E-state index contributed by atoms with van der Waals surface area (Å²) in [5, 5.41) is 2.31. The molecule has 0 radical (unpaired) electrons. The molecule has 0 saturated carbocycles. The first-order chi connectivity index (χ1) is 5.85. The molecule has 1 aliphatic heterocycles. The van der Waals surface area contributed by atoms with E-state index in [0.717, 1.165) is 0 Å². The van der Waals surface area contributed by atoms with Crippen molar-refractivity contribution in [3.63, 3.8) is 0 Å². The molecule has 3 amide bonds. The molecule has 1 rings (SSSR count). The van der Waals surface area contributed by atoms with Crippen LogP contribution in [0, 0.1) is 5.92 Å². The maximum atomic E-state index is 11.3. The minimum atomic E-state index is -0.693. The molecule has 1 saturated heterocycles. The van der Waals surface area contributed by atoms with Crippen LogP contribution >= 0.6 is 0 Å². The summed E-state index contributed by atoms with van der Waals surface area (Å²) in [7, 11) is 0. The van der Waals surface area contributed by atoms with Crippen LogP contribution < -0.4 is 5.32 Å². The van der Waals surface area contributed by atoms with E-state index >= 15 is 0 Å². The van der Waals surface area contributed by atoms with E-state index in [4.69, 9.17) is 0 Å². The summed E-state index contributed by atoms with van der Waals surface area (Å²) in [6, 6.07) is -0.274. The lowest BCUT2D eigenvalue weighted by Gasteiger charge is -2.29. The Morgan fingerprint density at radius 2 is 1.92 bits per heavy atom. The van der Waals surface area contributed by atoms with E-state index in [9.17, 15) is 9.59 Å². The number of carbonyl (C=O) groups is 2. The Morgan fingerprint density at radius 3 is 2.23 bits per heavy atom. The Bertz CT molecular complexity index is 246. The van der Waals surface area contributed by atoms with Crippen LogP contribution in [-0.4, -0.2) is 28.9 Å². The van der Waals surface area contributed by atoms with Crippen molar-refractivity contribution in [3.8, 4) is 0 Å². The first-order valence-corrected chi connectivity index (χ1v) is 4.48. The summed E-state index contributed by atoms with van der Waals surface area (Å²) in [5.41, 5.74) is -0.693. The van der Waals surface area contributed by atoms with Gasteiger partial charge in [0.15, 0.2) is 0 Å². The fraction of sp³-hybridized carbons (Fsp3) is 0.778. The highest BCUT2D eigenvalue weighted by atomic mass is 16.2. The fourth-order valence-corrected chi connectivity index (χ4v) is 1.37. The third-order valence-corrected chi connectivity index (χ3v) is 2.24. The molecule has 1 heterocycles. The molecule has 0 aromatic carbocycles. The topological polar surface area (TPSA) is 49.4 Å². The number of hydrogen-bond donors (Lipinski definition) is 1. The maximum Gasteiger partial charge on any atom is 0.325 e. The molecule has 4 heteroatoms. The molecule has 74 valence electrons. The van der Waals surface area contributed by atoms with Crippen LogP contribution in [-0.2, 0) is 4.79 Å². The number of nitrogens with one attached hydrogen (secondary N) is 1. The van der Waals surface area contributed by atoms with Gasteiger partial charge in [-0.25, -0.2) is 4.79 Å². The zero-order chi connectivity index (χ0) is 10.2. The summed E-state index contributed by atoms with van der Waals surface area (Å²) in [6.07, 6.45) is 0. The second-order valence-corrected chi connectivity index (χ2v) is 4.32. The van der Waals surface area contributed by atoms with Crippen LogP contribution in [0.1, 0.15) is 27.7 Å². The highest BCUT2D eigenvalue weighted by Gasteiger charge is 2.45. The van der Waals surface area contributed by atoms with Crippen LogP contribution in [0.5, 0.6) is 0 Å². The highest BCUT2D eigenvalue weighted by molar-refractivity contribution is 6.06. The quantitative estimate of drug-likeness (QED) is 0.650. The Hall–Kier alpha value is -1.06. The molecule has 1 N–H and O–H groups in total. The first kappa shape index (κ1) is 10.0. The van der Waals surface area contributed by atoms with E-state index in [1.807, 2.05) is 13.8 Å². The van der Waals surface area contributed by atoms with Crippen molar-refractivity contribution in [1.82, 2.24) is 10.2 Å². The molecule has 0 aromatic rings. The van der Waals surface area contributed by atoms with Crippen LogP contribution in [0.4, 0.5) is 4.79 Å². The Kier molecular flexibility index (Phi) is 2.32. The van der Waals surface area contributed by atoms with Crippen molar-refractivity contribution in [2.24, 2.45) is 5.92 Å². The average Bonchev–Trinajstić information content (AvgIpc) is 2.13. The summed E-state index contributed by atoms with van der Waals surface area (Å²) in [6.45, 7) is 8.17. The molecule has 4 nitrogen and oxygen atoms in total. The Labute approximate surface area is 78.3 Å². The lowest BCUT2D eigenvalue weighted by atomic mass is 10.0. The van der Waals surface area contributed by atoms with Crippen molar-refractivity contribution in [2.45, 2.75) is 33.2 Å². The van der Waals surface area contributed by atoms with Crippen molar-refractivity contribution in [1.29, 1.82) is 0 Å². The molecular weight excluding hydrogens is 168 g/mol. The zero-order valence-electron chi connectivity index (χ0n) is 8.55. The molecule has 0 bridgehead atoms. The lowest BCUT2D eigenvalue weighted by Crippen LogP contribution is -2.45. The van der Waals surface area contributed by atoms with E-state index < -0.39 is 5.54 Å². The van der Waals surface area contributed by atoms with Gasteiger partial charge in [0.25, 0.3) is 5.91 Å². The van der Waals surface area contributed by atoms with Gasteiger partial charge < -0.3 is 4.90 Å². The maximum absolute atomic E-state index is 11.3. The van der Waals surface area contributed by atoms with Gasteiger partial charge in [-0.1, -0.05) is 13.8 Å². The monoisotopic (exact) mass is 184 g/mol. The molecule has 0 unspecified atom stereocenters. The van der Waals surface area contributed by atoms with Gasteiger partial charge in [0, 0.05) is 6.54 Å². The number of carbonyl (C=O) groups excluding carboxylic acids is 2. The zero-order valence-corrected chi connectivity index (χ0v) is 8.55. The van der Waals surface area contributed by atoms with Gasteiger partial charge >= 0.3 is 6.03 Å². The van der Waals surface area contributed by atoms with Crippen molar-refractivity contribution in [3.05, 3.63) is 0 Å². The first-order valence-electron chi connectivity index (χ1n) is 4.48. The van der Waals surface area contributed by atoms with Gasteiger partial charge in [0.2, 0.25) is 0 Å². The second kappa shape index (κ2) is 3.01. The van der Waals surface area contributed by atoms with E-state index in [2.05, 4.69) is 5.32 Å². The summed E-state index contributed by atoms with van der Waals surface area (Å²) >= 11 is 0. The second-order valence-electron chi connectivity index (χ2n) is 4.32. The largest absolute Gasteiger partial charge is 0.325 e. The molecule has 1 aliphatic rings. The molecule has 0 spiro atoms. The van der Waals surface area contributed by atoms with Gasteiger partial charge in [-0.15, -0.1) is 0 Å². The van der Waals surface area contributed by atoms with Gasteiger partial charge in [0.05, 0.1) is 0 Å². The summed E-state index contributed by atoms with van der Waals surface area (Å²) in [5.74, 6) is 0.161. The highest BCUT2D eigenvalue weighted by Crippen LogP contribution is 2.21. The number of nitrogens with zero attached hydrogens (tertiary/aromatic N) is 1. The minimum Gasteiger partial charge on any atom is -0.310 e. The van der Waals surface area contributed by atoms with E-state index in [1.54, 1.807) is 18.7 Å². The van der Waals surface area contributed by atoms with Crippen LogP contribution in [0.3, 0.4) is 0 Å². The van der Waals surface area contributed by atoms with E-state index in [1.165, 1.54) is 0 Å². The normalized spacial score (nSPS) is 21.2. The van der Waals surface area contributed by atoms with Gasteiger partial charge in [-0.05, 0) is 19.8 Å². The third kappa shape index (κ3) is 1.66. The van der Waals surface area contributed by atoms with Crippen molar-refractivity contribution < 1.29 is 9.59 Å². The fourth-order valence-electron chi connectivity index (χ4n) is 1.37. The molecule has 0 aromatic heterocycles. The van der Waals surface area contributed by atoms with Crippen LogP contribution in [0.2, 0.25) is 0 Å². The molecular formula is C9H16N2O2. The number of urea groups is 1. The number of rotatable bonds is 2. The summed E-state index contributed by atoms with van der Waals surface area (Å²) < 4.78 is 0. The SMILES string of the molecule is CC(C)CN1C(=O)NC(=O)C1(C)C. The smallest absolute Gasteiger partial charge is 0.310 e. The van der Waals surface area contributed by atoms with E-state index in [0.29, 0.717) is 12.5 Å². The van der Waals surface area contributed by atoms with Crippen LogP contribution in [0.15, 0.2) is 0 Å². The van der Waals surface area contributed by atoms with Gasteiger partial charge in [0.1, 0.15) is 5.54 Å². The van der Waals surface area contributed by atoms with Crippen LogP contribution in [0.25, 0.3) is 0 Å². The van der Waals surface area contributed by atoms with Crippen molar-refractivity contribution in [2.75, 3.05) is 6.54 Å². The number of imide groups is 1. The lowest BCUT2D eigenvalue weighted by molar-refractivity contribution is -0.125. The minimum absolute atomic E-state index is 0.210. The molecule has 13 heavy (non-hydrogen) atoms. The standard InChI is InChI=1S/C9H16N2O2/c1-6(2)5-11-8(13)10-7(12)9(11,3)4/h6H,5H2,1-4H3,(H,10,12,13). The Morgan fingerprint density at radius 1 is 1.38 bits per heavy atom. The van der Waals surface area contributed by atoms with Gasteiger partial charge in [-0.2, -0.15) is 0 Å². The predicted molar refractivity (Wildman–Crippen MR) is 49.2 cm³/mol. The van der Waals surface area contributed by atoms with E-state index in [-0.39, 0.29) is 11.9 Å². The number of hydrogen-bond acceptors (Lipinski definition) is 2. The molecule has 1 fully saturated rings. The Balaban J connectivity index is 2.82. The predicted octanol–water partition coefficient (Wildman–Crippen LogP) is 0.973. The van der Waals surface area contributed by atoms with Crippen molar-refractivity contribution >= 4 is 11.9 Å². The molecule has 0 aliphatic carbocycles.